The van der Waals surface area contributed by atoms with Crippen LogP contribution in [0.3, 0.4) is 0 Å². The molecule has 5 heteroatoms. The molecule has 0 N–H and O–H groups in total. The second kappa shape index (κ2) is 6.16. The zero-order valence-electron chi connectivity index (χ0n) is 10.1. The molecule has 2 aromatic rings. The average molecular weight is 285 g/mol. The molecule has 0 atom stereocenters. The molecule has 0 amide bonds. The van der Waals surface area contributed by atoms with Gasteiger partial charge in [-0.25, -0.2) is 9.37 Å². The van der Waals surface area contributed by atoms with Crippen LogP contribution in [-0.4, -0.2) is 18.6 Å². The highest BCUT2D eigenvalue weighted by molar-refractivity contribution is 7.09. The summed E-state index contributed by atoms with van der Waals surface area (Å²) in [5.74, 6) is 0.214. The third kappa shape index (κ3) is 3.00. The third-order valence-electron chi connectivity index (χ3n) is 2.73. The number of hydrogen-bond donors (Lipinski definition) is 0. The van der Waals surface area contributed by atoms with Crippen LogP contribution in [0.5, 0.6) is 0 Å². The van der Waals surface area contributed by atoms with Gasteiger partial charge in [-0.2, -0.15) is 0 Å². The molecule has 0 bridgehead atoms. The topological polar surface area (TPSA) is 16.1 Å². The fraction of sp³-hybridized carbons (Fsp3) is 0.308. The van der Waals surface area contributed by atoms with Crippen LogP contribution in [0.1, 0.15) is 10.4 Å². The van der Waals surface area contributed by atoms with Crippen molar-refractivity contribution in [2.24, 2.45) is 0 Å². The molecule has 0 unspecified atom stereocenters. The lowest BCUT2D eigenvalue weighted by atomic mass is 10.2. The molecule has 18 heavy (non-hydrogen) atoms. The Morgan fingerprint density at radius 2 is 2.28 bits per heavy atom. The zero-order valence-corrected chi connectivity index (χ0v) is 11.6. The molecule has 2 heterocycles. The maximum absolute atomic E-state index is 14.0. The van der Waals surface area contributed by atoms with Gasteiger partial charge in [-0.3, -0.25) is 0 Å². The predicted octanol–water partition coefficient (Wildman–Crippen LogP) is 3.70. The normalized spacial score (nSPS) is 10.6. The molecular formula is C13H14ClFN2S. The maximum Gasteiger partial charge on any atom is 0.170 e. The fourth-order valence-corrected chi connectivity index (χ4v) is 2.58. The standard InChI is InChI=1S/C13H14ClFN2S/c1-17(7-5-11-3-2-8-18-11)13-12(15)10(9-14)4-6-16-13/h2-4,6,8H,5,7,9H2,1H3. The highest BCUT2D eigenvalue weighted by atomic mass is 35.5. The van der Waals surface area contributed by atoms with Crippen LogP contribution in [0.4, 0.5) is 10.2 Å². The second-order valence-electron chi connectivity index (χ2n) is 3.99. The van der Waals surface area contributed by atoms with E-state index >= 15 is 0 Å². The molecule has 2 rings (SSSR count). The SMILES string of the molecule is CN(CCc1cccs1)c1nccc(CCl)c1F. The number of halogens is 2. The highest BCUT2D eigenvalue weighted by Crippen LogP contribution is 2.20. The van der Waals surface area contributed by atoms with Crippen LogP contribution in [0, 0.1) is 5.82 Å². The van der Waals surface area contributed by atoms with Crippen LogP contribution in [0.15, 0.2) is 29.8 Å². The van der Waals surface area contributed by atoms with Gasteiger partial charge in [0, 0.05) is 30.2 Å². The van der Waals surface area contributed by atoms with Crippen LogP contribution < -0.4 is 4.90 Å². The molecule has 0 saturated heterocycles. The molecule has 96 valence electrons. The number of thiophene rings is 1. The second-order valence-corrected chi connectivity index (χ2v) is 5.29. The summed E-state index contributed by atoms with van der Waals surface area (Å²) >= 11 is 7.39. The summed E-state index contributed by atoms with van der Waals surface area (Å²) in [6, 6.07) is 5.71. The number of alkyl halides is 1. The van der Waals surface area contributed by atoms with Crippen molar-refractivity contribution in [1.82, 2.24) is 4.98 Å². The summed E-state index contributed by atoms with van der Waals surface area (Å²) in [4.78, 5) is 7.19. The molecule has 0 aliphatic carbocycles. The zero-order chi connectivity index (χ0) is 13.0. The van der Waals surface area contributed by atoms with E-state index in [0.29, 0.717) is 11.4 Å². The molecule has 2 nitrogen and oxygen atoms in total. The van der Waals surface area contributed by atoms with Crippen LogP contribution in [0.25, 0.3) is 0 Å². The molecule has 0 saturated carbocycles. The lowest BCUT2D eigenvalue weighted by molar-refractivity contribution is 0.604. The summed E-state index contributed by atoms with van der Waals surface area (Å²) in [6.45, 7) is 0.732. The van der Waals surface area contributed by atoms with Gasteiger partial charge >= 0.3 is 0 Å². The van der Waals surface area contributed by atoms with Gasteiger partial charge in [0.05, 0.1) is 5.88 Å². The van der Waals surface area contributed by atoms with Gasteiger partial charge in [-0.15, -0.1) is 22.9 Å². The number of likely N-dealkylation sites (N-methyl/N-ethyl adjacent to an activating group) is 1. The van der Waals surface area contributed by atoms with Crippen LogP contribution >= 0.6 is 22.9 Å². The summed E-state index contributed by atoms with van der Waals surface area (Å²) in [6.07, 6.45) is 2.48. The molecule has 0 aromatic carbocycles. The summed E-state index contributed by atoms with van der Waals surface area (Å²) < 4.78 is 14.0. The number of nitrogens with zero attached hydrogens (tertiary/aromatic N) is 2. The van der Waals surface area contributed by atoms with Crippen molar-refractivity contribution in [1.29, 1.82) is 0 Å². The van der Waals surface area contributed by atoms with E-state index in [0.717, 1.165) is 13.0 Å². The molecule has 2 aromatic heterocycles. The first-order valence-corrected chi connectivity index (χ1v) is 7.06. The fourth-order valence-electron chi connectivity index (χ4n) is 1.68. The predicted molar refractivity (Wildman–Crippen MR) is 75.0 cm³/mol. The van der Waals surface area contributed by atoms with Gasteiger partial charge in [0.25, 0.3) is 0 Å². The smallest absolute Gasteiger partial charge is 0.170 e. The first-order valence-electron chi connectivity index (χ1n) is 5.65. The largest absolute Gasteiger partial charge is 0.357 e. The van der Waals surface area contributed by atoms with Gasteiger partial charge < -0.3 is 4.90 Å². The number of pyridine rings is 1. The monoisotopic (exact) mass is 284 g/mol. The number of aromatic nitrogens is 1. The van der Waals surface area contributed by atoms with Crippen molar-refractivity contribution in [2.75, 3.05) is 18.5 Å². The van der Waals surface area contributed by atoms with E-state index in [-0.39, 0.29) is 11.7 Å². The van der Waals surface area contributed by atoms with Gasteiger partial charge in [0.2, 0.25) is 0 Å². The van der Waals surface area contributed by atoms with Crippen molar-refractivity contribution in [3.63, 3.8) is 0 Å². The minimum Gasteiger partial charge on any atom is -0.357 e. The molecule has 0 aliphatic heterocycles. The van der Waals surface area contributed by atoms with Crippen molar-refractivity contribution < 1.29 is 4.39 Å². The lowest BCUT2D eigenvalue weighted by Gasteiger charge is -2.19. The van der Waals surface area contributed by atoms with Gasteiger partial charge in [-0.05, 0) is 23.9 Å². The number of rotatable bonds is 5. The Balaban J connectivity index is 2.06. The van der Waals surface area contributed by atoms with Crippen molar-refractivity contribution >= 4 is 28.8 Å². The van der Waals surface area contributed by atoms with Gasteiger partial charge in [-0.1, -0.05) is 6.07 Å². The lowest BCUT2D eigenvalue weighted by Crippen LogP contribution is -2.22. The van der Waals surface area contributed by atoms with E-state index in [1.54, 1.807) is 23.6 Å². The molecule has 0 aliphatic rings. The van der Waals surface area contributed by atoms with Crippen molar-refractivity contribution in [2.45, 2.75) is 12.3 Å². The first-order chi connectivity index (χ1) is 8.72. The summed E-state index contributed by atoms with van der Waals surface area (Å²) in [7, 11) is 1.84. The molecular weight excluding hydrogens is 271 g/mol. The number of hydrogen-bond acceptors (Lipinski definition) is 3. The van der Waals surface area contributed by atoms with Gasteiger partial charge in [0.1, 0.15) is 0 Å². The summed E-state index contributed by atoms with van der Waals surface area (Å²) in [5.41, 5.74) is 0.490. The first kappa shape index (κ1) is 13.3. The maximum atomic E-state index is 14.0. The molecule has 0 radical (unpaired) electrons. The van der Waals surface area contributed by atoms with Crippen LogP contribution in [0.2, 0.25) is 0 Å². The Labute approximate surface area is 115 Å². The summed E-state index contributed by atoms with van der Waals surface area (Å²) in [5, 5.41) is 2.04. The Morgan fingerprint density at radius 1 is 1.44 bits per heavy atom. The minimum atomic E-state index is -0.318. The Bertz CT molecular complexity index is 502. The minimum absolute atomic E-state index is 0.167. The number of anilines is 1. The van der Waals surface area contributed by atoms with Crippen molar-refractivity contribution in [3.8, 4) is 0 Å². The van der Waals surface area contributed by atoms with E-state index < -0.39 is 0 Å². The van der Waals surface area contributed by atoms with Crippen LogP contribution in [-0.2, 0) is 12.3 Å². The Kier molecular flexibility index (Phi) is 4.55. The van der Waals surface area contributed by atoms with Gasteiger partial charge in [0.15, 0.2) is 11.6 Å². The molecule has 0 fully saturated rings. The van der Waals surface area contributed by atoms with E-state index in [4.69, 9.17) is 11.6 Å². The highest BCUT2D eigenvalue weighted by Gasteiger charge is 2.12. The average Bonchev–Trinajstić information content (AvgIpc) is 2.89. The van der Waals surface area contributed by atoms with E-state index in [9.17, 15) is 4.39 Å². The molecule has 0 spiro atoms. The van der Waals surface area contributed by atoms with Crippen molar-refractivity contribution in [3.05, 3.63) is 46.0 Å². The Morgan fingerprint density at radius 3 is 2.94 bits per heavy atom. The Hall–Kier alpha value is -1.13. The van der Waals surface area contributed by atoms with E-state index in [1.165, 1.54) is 4.88 Å². The van der Waals surface area contributed by atoms with E-state index in [1.807, 2.05) is 23.4 Å². The quantitative estimate of drug-likeness (QED) is 0.778. The van der Waals surface area contributed by atoms with E-state index in [2.05, 4.69) is 11.1 Å². The third-order valence-corrected chi connectivity index (χ3v) is 3.95.